The summed E-state index contributed by atoms with van der Waals surface area (Å²) < 4.78 is 40.2. The molecule has 5 heteroatoms. The second-order valence-electron chi connectivity index (χ2n) is 4.29. The van der Waals surface area contributed by atoms with Crippen molar-refractivity contribution in [2.24, 2.45) is 0 Å². The number of aryl methyl sites for hydroxylation is 1. The number of hydrogen-bond acceptors (Lipinski definition) is 3. The number of rotatable bonds is 5. The Morgan fingerprint density at radius 1 is 1.28 bits per heavy atom. The molecule has 1 aromatic carbocycles. The summed E-state index contributed by atoms with van der Waals surface area (Å²) in [4.78, 5) is 0. The topological polar surface area (TPSA) is 47.3 Å². The van der Waals surface area contributed by atoms with E-state index in [2.05, 4.69) is 0 Å². The summed E-state index contributed by atoms with van der Waals surface area (Å²) in [6.45, 7) is 2.04. The Morgan fingerprint density at radius 2 is 2.00 bits per heavy atom. The highest BCUT2D eigenvalue weighted by Gasteiger charge is 2.19. The van der Waals surface area contributed by atoms with E-state index in [1.165, 1.54) is 0 Å². The summed E-state index contributed by atoms with van der Waals surface area (Å²) >= 11 is 0. The van der Waals surface area contributed by atoms with E-state index >= 15 is 0 Å². The molecule has 0 aliphatic rings. The predicted molar refractivity (Wildman–Crippen MR) is 68.6 cm³/mol. The molecule has 0 fully saturated rings. The quantitative estimate of drug-likeness (QED) is 0.780. The van der Waals surface area contributed by atoms with Crippen molar-refractivity contribution >= 4 is 21.2 Å². The van der Waals surface area contributed by atoms with Gasteiger partial charge in [-0.1, -0.05) is 31.5 Å². The molecule has 2 aromatic rings. The van der Waals surface area contributed by atoms with Crippen LogP contribution in [0.3, 0.4) is 0 Å². The van der Waals surface area contributed by atoms with Crippen molar-refractivity contribution in [3.05, 3.63) is 35.6 Å². The average Bonchev–Trinajstić information content (AvgIpc) is 2.63. The number of benzene rings is 1. The monoisotopic (exact) mass is 270 g/mol. The van der Waals surface area contributed by atoms with Crippen LogP contribution in [-0.2, 0) is 22.4 Å². The van der Waals surface area contributed by atoms with E-state index in [1.54, 1.807) is 18.2 Å². The molecular weight excluding hydrogens is 255 g/mol. The van der Waals surface area contributed by atoms with Gasteiger partial charge in [0.25, 0.3) is 0 Å². The van der Waals surface area contributed by atoms with Gasteiger partial charge in [-0.15, -0.1) is 3.89 Å². The molecule has 0 radical (unpaired) electrons. The molecule has 0 N–H and O–H groups in total. The summed E-state index contributed by atoms with van der Waals surface area (Å²) in [7, 11) is -4.55. The number of fused-ring (bicyclic) bond motifs is 1. The van der Waals surface area contributed by atoms with Crippen molar-refractivity contribution in [3.63, 3.8) is 0 Å². The average molecular weight is 270 g/mol. The Labute approximate surface area is 106 Å². The molecule has 0 bridgehead atoms. The van der Waals surface area contributed by atoms with E-state index in [-0.39, 0.29) is 0 Å². The summed E-state index contributed by atoms with van der Waals surface area (Å²) in [5.41, 5.74) is 1.07. The molecule has 98 valence electrons. The molecule has 0 aliphatic carbocycles. The molecule has 1 aromatic heterocycles. The number of para-hydroxylation sites is 1. The predicted octanol–water partition coefficient (Wildman–Crippen LogP) is 3.57. The number of furan rings is 1. The maximum atomic E-state index is 12.9. The maximum Gasteiger partial charge on any atom is 0.306 e. The molecule has 3 nitrogen and oxygen atoms in total. The molecule has 0 atom stereocenters. The van der Waals surface area contributed by atoms with Gasteiger partial charge in [0, 0.05) is 17.4 Å². The summed E-state index contributed by atoms with van der Waals surface area (Å²) in [5, 5.41) is 0.685. The molecule has 0 aliphatic heterocycles. The van der Waals surface area contributed by atoms with Gasteiger partial charge in [-0.25, -0.2) is 0 Å². The van der Waals surface area contributed by atoms with Gasteiger partial charge in [0.2, 0.25) is 0 Å². The van der Waals surface area contributed by atoms with Gasteiger partial charge < -0.3 is 4.42 Å². The van der Waals surface area contributed by atoms with Crippen LogP contribution in [-0.4, -0.2) is 8.42 Å². The lowest BCUT2D eigenvalue weighted by Crippen LogP contribution is -1.99. The zero-order chi connectivity index (χ0) is 13.2. The zero-order valence-corrected chi connectivity index (χ0v) is 11.0. The minimum atomic E-state index is -4.55. The van der Waals surface area contributed by atoms with Gasteiger partial charge in [-0.05, 0) is 12.5 Å². The van der Waals surface area contributed by atoms with Crippen LogP contribution >= 0.6 is 0 Å². The fraction of sp³-hybridized carbons (Fsp3) is 0.385. The Kier molecular flexibility index (Phi) is 3.71. The molecule has 0 amide bonds. The van der Waals surface area contributed by atoms with Crippen molar-refractivity contribution < 1.29 is 16.7 Å². The first-order chi connectivity index (χ1) is 8.51. The Balaban J connectivity index is 2.50. The van der Waals surface area contributed by atoms with Gasteiger partial charge in [-0.2, -0.15) is 8.42 Å². The second kappa shape index (κ2) is 5.10. The van der Waals surface area contributed by atoms with Gasteiger partial charge >= 0.3 is 10.2 Å². The molecule has 0 unspecified atom stereocenters. The van der Waals surface area contributed by atoms with E-state index in [4.69, 9.17) is 4.42 Å². The number of halogens is 1. The van der Waals surface area contributed by atoms with Crippen LogP contribution in [0.2, 0.25) is 0 Å². The van der Waals surface area contributed by atoms with Crippen LogP contribution < -0.4 is 0 Å². The highest BCUT2D eigenvalue weighted by atomic mass is 32.3. The summed E-state index contributed by atoms with van der Waals surface area (Å²) in [6, 6.07) is 7.12. The van der Waals surface area contributed by atoms with Crippen molar-refractivity contribution in [1.82, 2.24) is 0 Å². The van der Waals surface area contributed by atoms with Crippen LogP contribution in [0, 0.1) is 0 Å². The fourth-order valence-corrected chi connectivity index (χ4v) is 2.68. The normalized spacial score (nSPS) is 12.1. The lowest BCUT2D eigenvalue weighted by atomic mass is 10.1. The first-order valence-corrected chi connectivity index (χ1v) is 7.48. The molecule has 18 heavy (non-hydrogen) atoms. The van der Waals surface area contributed by atoms with Gasteiger partial charge in [0.05, 0.1) is 0 Å². The van der Waals surface area contributed by atoms with Crippen molar-refractivity contribution in [1.29, 1.82) is 0 Å². The van der Waals surface area contributed by atoms with Crippen LogP contribution in [0.1, 0.15) is 31.1 Å². The van der Waals surface area contributed by atoms with E-state index in [9.17, 15) is 12.3 Å². The largest absolute Gasteiger partial charge is 0.461 e. The van der Waals surface area contributed by atoms with Crippen LogP contribution in [0.5, 0.6) is 0 Å². The van der Waals surface area contributed by atoms with Crippen molar-refractivity contribution in [2.45, 2.75) is 31.9 Å². The molecule has 2 rings (SSSR count). The highest BCUT2D eigenvalue weighted by molar-refractivity contribution is 7.85. The zero-order valence-electron chi connectivity index (χ0n) is 10.1. The Hall–Kier alpha value is -1.36. The van der Waals surface area contributed by atoms with Crippen LogP contribution in [0.15, 0.2) is 28.7 Å². The Bertz CT molecular complexity index is 643. The lowest BCUT2D eigenvalue weighted by Gasteiger charge is -1.99. The van der Waals surface area contributed by atoms with Crippen LogP contribution in [0.25, 0.3) is 11.0 Å². The standard InChI is InChI=1S/C13H15FO3S/c1-2-3-7-13-11(9-18(14,15)16)10-6-4-5-8-12(10)17-13/h4-6,8H,2-3,7,9H2,1H3. The molecular formula is C13H15FO3S. The van der Waals surface area contributed by atoms with Crippen molar-refractivity contribution in [2.75, 3.05) is 0 Å². The summed E-state index contributed by atoms with van der Waals surface area (Å²) in [6.07, 6.45) is 2.49. The molecule has 0 saturated carbocycles. The molecule has 1 heterocycles. The van der Waals surface area contributed by atoms with E-state index in [0.29, 0.717) is 28.7 Å². The SMILES string of the molecule is CCCCc1oc2ccccc2c1CS(=O)(=O)F. The molecule has 0 saturated heterocycles. The Morgan fingerprint density at radius 3 is 2.67 bits per heavy atom. The van der Waals surface area contributed by atoms with Gasteiger partial charge in [0.15, 0.2) is 0 Å². The number of unbranched alkanes of at least 4 members (excludes halogenated alkanes) is 1. The fourth-order valence-electron chi connectivity index (χ4n) is 2.02. The second-order valence-corrected chi connectivity index (χ2v) is 5.65. The van der Waals surface area contributed by atoms with Gasteiger partial charge in [-0.3, -0.25) is 0 Å². The van der Waals surface area contributed by atoms with E-state index < -0.39 is 16.0 Å². The smallest absolute Gasteiger partial charge is 0.306 e. The highest BCUT2D eigenvalue weighted by Crippen LogP contribution is 2.29. The third-order valence-electron chi connectivity index (χ3n) is 2.86. The third kappa shape index (κ3) is 2.90. The maximum absolute atomic E-state index is 12.9. The summed E-state index contributed by atoms with van der Waals surface area (Å²) in [5.74, 6) is -0.0254. The first-order valence-electron chi connectivity index (χ1n) is 5.93. The van der Waals surface area contributed by atoms with Crippen molar-refractivity contribution in [3.8, 4) is 0 Å². The van der Waals surface area contributed by atoms with E-state index in [0.717, 1.165) is 12.8 Å². The van der Waals surface area contributed by atoms with Gasteiger partial charge in [0.1, 0.15) is 17.1 Å². The minimum absolute atomic E-state index is 0.460. The van der Waals surface area contributed by atoms with Crippen LogP contribution in [0.4, 0.5) is 3.89 Å². The third-order valence-corrected chi connectivity index (χ3v) is 3.49. The lowest BCUT2D eigenvalue weighted by molar-refractivity contribution is 0.526. The minimum Gasteiger partial charge on any atom is -0.461 e. The number of hydrogen-bond donors (Lipinski definition) is 0. The molecule has 0 spiro atoms. The van der Waals surface area contributed by atoms with E-state index in [1.807, 2.05) is 13.0 Å². The first kappa shape index (κ1) is 13.1.